The van der Waals surface area contributed by atoms with Gasteiger partial charge in [0.1, 0.15) is 0 Å². The Kier molecular flexibility index (Phi) is 5.40. The largest absolute Gasteiger partial charge is 1.00 e. The monoisotopic (exact) mass is 206 g/mol. The van der Waals surface area contributed by atoms with Gasteiger partial charge in [0.05, 0.1) is 0 Å². The smallest absolute Gasteiger partial charge is 0.768 e. The normalized spacial score (nSPS) is 12.0. The molecular weight excluding hydrogens is 195 g/mol. The summed E-state index contributed by atoms with van der Waals surface area (Å²) in [6.45, 7) is 5.58. The van der Waals surface area contributed by atoms with Crippen molar-refractivity contribution in [1.82, 2.24) is 0 Å². The summed E-state index contributed by atoms with van der Waals surface area (Å²) in [6.07, 6.45) is 0. The summed E-state index contributed by atoms with van der Waals surface area (Å²) in [4.78, 5) is 0.431. The van der Waals surface area contributed by atoms with Crippen LogP contribution in [0.5, 0.6) is 0 Å². The van der Waals surface area contributed by atoms with Gasteiger partial charge in [0, 0.05) is 4.90 Å². The third kappa shape index (κ3) is 3.18. The summed E-state index contributed by atoms with van der Waals surface area (Å²) in [5.41, 5.74) is 2.74. The molecule has 0 saturated heterocycles. The van der Waals surface area contributed by atoms with Crippen LogP contribution in [0.1, 0.15) is 16.7 Å². The second-order valence-electron chi connectivity index (χ2n) is 2.96. The molecule has 0 aromatic heterocycles. The number of aryl methyl sites for hydroxylation is 3. The van der Waals surface area contributed by atoms with Gasteiger partial charge in [-0.3, -0.25) is 4.21 Å². The Morgan fingerprint density at radius 2 is 1.54 bits per heavy atom. The zero-order valence-electron chi connectivity index (χ0n) is 8.38. The van der Waals surface area contributed by atoms with Crippen molar-refractivity contribution in [3.63, 3.8) is 0 Å². The van der Waals surface area contributed by atoms with E-state index in [1.165, 1.54) is 0 Å². The second kappa shape index (κ2) is 5.27. The van der Waals surface area contributed by atoms with E-state index in [9.17, 15) is 8.76 Å². The molecule has 1 rings (SSSR count). The molecule has 0 amide bonds. The van der Waals surface area contributed by atoms with E-state index in [0.29, 0.717) is 4.90 Å². The van der Waals surface area contributed by atoms with Crippen LogP contribution >= 0.6 is 0 Å². The molecule has 0 bridgehead atoms. The van der Waals surface area contributed by atoms with E-state index in [4.69, 9.17) is 0 Å². The summed E-state index contributed by atoms with van der Waals surface area (Å²) in [7, 11) is 0. The van der Waals surface area contributed by atoms with Crippen molar-refractivity contribution in [2.45, 2.75) is 25.7 Å². The maximum atomic E-state index is 10.8. The van der Waals surface area contributed by atoms with E-state index in [-0.39, 0.29) is 29.6 Å². The molecule has 0 saturated carbocycles. The SMILES string of the molecule is Cc1cc(C)c(S(=O)[O-])c(C)c1.[Na+]. The maximum absolute atomic E-state index is 10.8. The molecule has 1 atom stereocenters. The predicted octanol–water partition coefficient (Wildman–Crippen LogP) is -1.15. The van der Waals surface area contributed by atoms with E-state index in [2.05, 4.69) is 0 Å². The zero-order chi connectivity index (χ0) is 9.30. The Morgan fingerprint density at radius 1 is 1.15 bits per heavy atom. The van der Waals surface area contributed by atoms with E-state index in [0.717, 1.165) is 16.7 Å². The van der Waals surface area contributed by atoms with E-state index in [1.807, 2.05) is 32.9 Å². The van der Waals surface area contributed by atoms with Crippen LogP contribution in [0.15, 0.2) is 17.0 Å². The van der Waals surface area contributed by atoms with E-state index in [1.54, 1.807) is 0 Å². The molecular formula is C9H11NaO2S. The van der Waals surface area contributed by atoms with Crippen LogP contribution in [-0.2, 0) is 11.1 Å². The minimum Gasteiger partial charge on any atom is -0.768 e. The van der Waals surface area contributed by atoms with Crippen molar-refractivity contribution >= 4 is 11.1 Å². The molecule has 4 heteroatoms. The molecule has 0 spiro atoms. The summed E-state index contributed by atoms with van der Waals surface area (Å²) in [5, 5.41) is 0. The van der Waals surface area contributed by atoms with Crippen LogP contribution in [0.25, 0.3) is 0 Å². The predicted molar refractivity (Wildman–Crippen MR) is 47.8 cm³/mol. The van der Waals surface area contributed by atoms with Gasteiger partial charge in [0.15, 0.2) is 0 Å². The Hall–Kier alpha value is 0.330. The van der Waals surface area contributed by atoms with Gasteiger partial charge in [-0.15, -0.1) is 0 Å². The molecule has 66 valence electrons. The third-order valence-corrected chi connectivity index (χ3v) is 2.75. The topological polar surface area (TPSA) is 40.1 Å². The summed E-state index contributed by atoms with van der Waals surface area (Å²) in [5.74, 6) is 0. The Bertz CT molecular complexity index is 313. The van der Waals surface area contributed by atoms with Crippen LogP contribution < -0.4 is 29.6 Å². The van der Waals surface area contributed by atoms with Crippen LogP contribution in [0.4, 0.5) is 0 Å². The van der Waals surface area contributed by atoms with E-state index < -0.39 is 11.1 Å². The van der Waals surface area contributed by atoms with Crippen LogP contribution in [-0.4, -0.2) is 8.76 Å². The Morgan fingerprint density at radius 3 is 1.85 bits per heavy atom. The average Bonchev–Trinajstić information content (AvgIpc) is 1.82. The summed E-state index contributed by atoms with van der Waals surface area (Å²) in [6, 6.07) is 3.75. The van der Waals surface area contributed by atoms with Crippen molar-refractivity contribution in [1.29, 1.82) is 0 Å². The minimum absolute atomic E-state index is 0. The molecule has 1 aromatic rings. The van der Waals surface area contributed by atoms with Gasteiger partial charge in [0.2, 0.25) is 0 Å². The molecule has 0 radical (unpaired) electrons. The molecule has 0 heterocycles. The number of benzene rings is 1. The fourth-order valence-electron chi connectivity index (χ4n) is 1.43. The molecule has 0 aliphatic carbocycles. The first-order valence-electron chi connectivity index (χ1n) is 3.69. The second-order valence-corrected chi connectivity index (χ2v) is 3.84. The molecule has 0 N–H and O–H groups in total. The van der Waals surface area contributed by atoms with Gasteiger partial charge in [-0.1, -0.05) is 17.7 Å². The summed E-state index contributed by atoms with van der Waals surface area (Å²) >= 11 is -2.11. The minimum atomic E-state index is -2.11. The molecule has 0 aliphatic rings. The van der Waals surface area contributed by atoms with Gasteiger partial charge in [0.25, 0.3) is 0 Å². The Balaban J connectivity index is 0.00000144. The van der Waals surface area contributed by atoms with Crippen LogP contribution in [0, 0.1) is 20.8 Å². The standard InChI is InChI=1S/C9H12O2S.Na/c1-6-4-7(2)9(12(10)11)8(3)5-6;/h4-5H,1-3H3,(H,10,11);/q;+1/p-1. The average molecular weight is 206 g/mol. The van der Waals surface area contributed by atoms with Crippen molar-refractivity contribution in [2.24, 2.45) is 0 Å². The van der Waals surface area contributed by atoms with Gasteiger partial charge < -0.3 is 4.55 Å². The molecule has 1 unspecified atom stereocenters. The number of hydrogen-bond donors (Lipinski definition) is 0. The van der Waals surface area contributed by atoms with Crippen molar-refractivity contribution < 1.29 is 38.3 Å². The zero-order valence-corrected chi connectivity index (χ0v) is 11.2. The first-order chi connectivity index (χ1) is 5.52. The Labute approximate surface area is 103 Å². The fourth-order valence-corrected chi connectivity index (χ4v) is 2.07. The van der Waals surface area contributed by atoms with E-state index >= 15 is 0 Å². The molecule has 2 nitrogen and oxygen atoms in total. The van der Waals surface area contributed by atoms with Crippen LogP contribution in [0.2, 0.25) is 0 Å². The molecule has 0 fully saturated rings. The molecule has 0 aliphatic heterocycles. The summed E-state index contributed by atoms with van der Waals surface area (Å²) < 4.78 is 21.5. The fraction of sp³-hybridized carbons (Fsp3) is 0.333. The first kappa shape index (κ1) is 13.3. The maximum Gasteiger partial charge on any atom is 1.00 e. The van der Waals surface area contributed by atoms with Gasteiger partial charge in [-0.2, -0.15) is 0 Å². The molecule has 1 aromatic carbocycles. The quantitative estimate of drug-likeness (QED) is 0.430. The first-order valence-corrected chi connectivity index (χ1v) is 4.77. The van der Waals surface area contributed by atoms with Gasteiger partial charge in [-0.25, -0.2) is 0 Å². The van der Waals surface area contributed by atoms with Crippen LogP contribution in [0.3, 0.4) is 0 Å². The van der Waals surface area contributed by atoms with Gasteiger partial charge in [-0.05, 0) is 43.0 Å². The van der Waals surface area contributed by atoms with Crippen molar-refractivity contribution in [3.8, 4) is 0 Å². The third-order valence-electron chi connectivity index (χ3n) is 1.77. The number of rotatable bonds is 1. The van der Waals surface area contributed by atoms with Crippen molar-refractivity contribution in [3.05, 3.63) is 28.8 Å². The number of hydrogen-bond acceptors (Lipinski definition) is 2. The van der Waals surface area contributed by atoms with Crippen molar-refractivity contribution in [2.75, 3.05) is 0 Å². The van der Waals surface area contributed by atoms with Gasteiger partial charge >= 0.3 is 29.6 Å². The molecule has 13 heavy (non-hydrogen) atoms.